The van der Waals surface area contributed by atoms with Gasteiger partial charge in [0.05, 0.1) is 12.6 Å². The number of amides is 3. The van der Waals surface area contributed by atoms with E-state index in [4.69, 9.17) is 4.74 Å². The molecule has 3 amide bonds. The Morgan fingerprint density at radius 1 is 1.15 bits per heavy atom. The summed E-state index contributed by atoms with van der Waals surface area (Å²) in [7, 11) is 0. The first-order valence-electron chi connectivity index (χ1n) is 12.1. The Bertz CT molecular complexity index is 1220. The molecule has 1 saturated heterocycles. The van der Waals surface area contributed by atoms with Crippen LogP contribution in [-0.2, 0) is 17.6 Å². The van der Waals surface area contributed by atoms with Crippen molar-refractivity contribution >= 4 is 22.8 Å². The molecule has 2 atom stereocenters. The Labute approximate surface area is 200 Å². The number of fused-ring (bicyclic) bond motifs is 4. The molecule has 5 rings (SSSR count). The number of carbonyl (C=O) groups is 2. The minimum Gasteiger partial charge on any atom is -0.494 e. The molecule has 1 aromatic heterocycles. The highest BCUT2D eigenvalue weighted by Gasteiger charge is 2.59. The van der Waals surface area contributed by atoms with Crippen LogP contribution >= 0.6 is 0 Å². The van der Waals surface area contributed by atoms with Crippen LogP contribution in [0, 0.1) is 0 Å². The van der Waals surface area contributed by atoms with Crippen molar-refractivity contribution in [1.82, 2.24) is 20.1 Å². The zero-order valence-electron chi connectivity index (χ0n) is 20.1. The fourth-order valence-corrected chi connectivity index (χ4v) is 5.51. The molecule has 0 aliphatic carbocycles. The molecule has 2 aromatic carbocycles. The molecule has 3 aromatic rings. The Morgan fingerprint density at radius 2 is 1.94 bits per heavy atom. The van der Waals surface area contributed by atoms with Gasteiger partial charge in [-0.05, 0) is 56.1 Å². The molecule has 34 heavy (non-hydrogen) atoms. The number of imide groups is 1. The first kappa shape index (κ1) is 22.5. The van der Waals surface area contributed by atoms with Gasteiger partial charge in [0, 0.05) is 36.1 Å². The quantitative estimate of drug-likeness (QED) is 0.393. The average molecular weight is 461 g/mol. The van der Waals surface area contributed by atoms with Crippen LogP contribution in [0.25, 0.3) is 10.9 Å². The van der Waals surface area contributed by atoms with Crippen LogP contribution in [0.3, 0.4) is 0 Å². The Kier molecular flexibility index (Phi) is 5.81. The molecular weight excluding hydrogens is 428 g/mol. The molecule has 2 N–H and O–H groups in total. The number of aromatic amines is 1. The lowest BCUT2D eigenvalue weighted by Gasteiger charge is -2.42. The summed E-state index contributed by atoms with van der Waals surface area (Å²) in [5.41, 5.74) is 3.32. The monoisotopic (exact) mass is 460 g/mol. The third-order valence-electron chi connectivity index (χ3n) is 7.10. The molecule has 3 heterocycles. The summed E-state index contributed by atoms with van der Waals surface area (Å²) < 4.78 is 5.76. The maximum Gasteiger partial charge on any atom is 0.328 e. The lowest BCUT2D eigenvalue weighted by molar-refractivity contribution is -0.133. The number of aromatic nitrogens is 1. The predicted octanol–water partition coefficient (Wildman–Crippen LogP) is 4.04. The van der Waals surface area contributed by atoms with E-state index in [0.717, 1.165) is 40.0 Å². The van der Waals surface area contributed by atoms with Crippen molar-refractivity contribution in [3.05, 3.63) is 65.4 Å². The van der Waals surface area contributed by atoms with E-state index in [1.54, 1.807) is 0 Å². The average Bonchev–Trinajstić information content (AvgIpc) is 3.28. The third-order valence-corrected chi connectivity index (χ3v) is 7.10. The van der Waals surface area contributed by atoms with Gasteiger partial charge >= 0.3 is 6.03 Å². The van der Waals surface area contributed by atoms with Crippen LogP contribution in [0.15, 0.2) is 48.5 Å². The third kappa shape index (κ3) is 3.55. The highest BCUT2D eigenvalue weighted by Crippen LogP contribution is 2.47. The van der Waals surface area contributed by atoms with Crippen molar-refractivity contribution in [3.8, 4) is 5.75 Å². The molecule has 0 radical (unpaired) electrons. The first-order chi connectivity index (χ1) is 16.5. The van der Waals surface area contributed by atoms with E-state index < -0.39 is 5.54 Å². The van der Waals surface area contributed by atoms with Crippen molar-refractivity contribution in [2.24, 2.45) is 0 Å². The van der Waals surface area contributed by atoms with Crippen molar-refractivity contribution < 1.29 is 14.3 Å². The van der Waals surface area contributed by atoms with Crippen LogP contribution in [0.5, 0.6) is 5.75 Å². The summed E-state index contributed by atoms with van der Waals surface area (Å²) in [5.74, 6) is 0.694. The Hall–Kier alpha value is -3.32. The molecule has 178 valence electrons. The maximum absolute atomic E-state index is 13.7. The smallest absolute Gasteiger partial charge is 0.328 e. The van der Waals surface area contributed by atoms with Crippen molar-refractivity contribution in [3.63, 3.8) is 0 Å². The number of benzene rings is 2. The number of rotatable bonds is 8. The van der Waals surface area contributed by atoms with E-state index in [0.29, 0.717) is 32.5 Å². The summed E-state index contributed by atoms with van der Waals surface area (Å²) in [6.45, 7) is 8.26. The SMILES string of the molecule is CCNCCN1C(=O)N2C(Cc3ccccc3)c3[nH]c4ccc(OCC)cc4c3C[C@@]2(C)C1=O. The van der Waals surface area contributed by atoms with E-state index in [2.05, 4.69) is 28.5 Å². The largest absolute Gasteiger partial charge is 0.494 e. The van der Waals surface area contributed by atoms with Crippen molar-refractivity contribution in [2.75, 3.05) is 26.2 Å². The molecular formula is C27H32N4O3. The second-order valence-electron chi connectivity index (χ2n) is 9.28. The van der Waals surface area contributed by atoms with Crippen molar-refractivity contribution in [1.29, 1.82) is 0 Å². The molecule has 7 heteroatoms. The zero-order valence-corrected chi connectivity index (χ0v) is 20.1. The molecule has 1 fully saturated rings. The number of hydrogen-bond donors (Lipinski definition) is 2. The van der Waals surface area contributed by atoms with Gasteiger partial charge in [0.1, 0.15) is 11.3 Å². The number of nitrogens with one attached hydrogen (secondary N) is 2. The van der Waals surface area contributed by atoms with Gasteiger partial charge < -0.3 is 19.9 Å². The highest BCUT2D eigenvalue weighted by atomic mass is 16.5. The second kappa shape index (κ2) is 8.80. The number of likely N-dealkylation sites (N-methyl/N-ethyl adjacent to an activating group) is 1. The fraction of sp³-hybridized carbons (Fsp3) is 0.407. The van der Waals surface area contributed by atoms with E-state index in [9.17, 15) is 9.59 Å². The van der Waals surface area contributed by atoms with Gasteiger partial charge in [-0.1, -0.05) is 37.3 Å². The van der Waals surface area contributed by atoms with Crippen LogP contribution in [0.1, 0.15) is 43.6 Å². The molecule has 7 nitrogen and oxygen atoms in total. The normalized spacial score (nSPS) is 21.8. The van der Waals surface area contributed by atoms with Gasteiger partial charge in [-0.25, -0.2) is 4.79 Å². The lowest BCUT2D eigenvalue weighted by atomic mass is 9.81. The summed E-state index contributed by atoms with van der Waals surface area (Å²) in [4.78, 5) is 34.2. The van der Waals surface area contributed by atoms with Gasteiger partial charge in [-0.15, -0.1) is 0 Å². The molecule has 0 spiro atoms. The summed E-state index contributed by atoms with van der Waals surface area (Å²) in [5, 5.41) is 4.29. The Balaban J connectivity index is 1.62. The molecule has 2 aliphatic heterocycles. The fourth-order valence-electron chi connectivity index (χ4n) is 5.51. The molecule has 0 saturated carbocycles. The number of hydrogen-bond acceptors (Lipinski definition) is 4. The van der Waals surface area contributed by atoms with E-state index in [1.807, 2.05) is 56.0 Å². The molecule has 2 aliphatic rings. The standard InChI is InChI=1S/C27H32N4O3/c1-4-28-13-14-30-25(32)27(3)17-21-20-16-19(34-5-2)11-12-22(20)29-24(21)23(31(27)26(30)33)15-18-9-7-6-8-10-18/h6-12,16,23,28-29H,4-5,13-15,17H2,1-3H3/t23?,27-/m0/s1. The van der Waals surface area contributed by atoms with Gasteiger partial charge in [0.2, 0.25) is 0 Å². The Morgan fingerprint density at radius 3 is 2.68 bits per heavy atom. The summed E-state index contributed by atoms with van der Waals surface area (Å²) in [6, 6.07) is 15.7. The molecule has 0 bridgehead atoms. The lowest BCUT2D eigenvalue weighted by Crippen LogP contribution is -2.53. The summed E-state index contributed by atoms with van der Waals surface area (Å²) >= 11 is 0. The highest BCUT2D eigenvalue weighted by molar-refractivity contribution is 6.08. The minimum atomic E-state index is -0.924. The van der Waals surface area contributed by atoms with E-state index in [-0.39, 0.29) is 18.0 Å². The number of H-pyrrole nitrogens is 1. The number of nitrogens with zero attached hydrogens (tertiary/aromatic N) is 2. The van der Waals surface area contributed by atoms with Gasteiger partial charge in [-0.3, -0.25) is 9.69 Å². The van der Waals surface area contributed by atoms with Crippen LogP contribution in [0.2, 0.25) is 0 Å². The number of urea groups is 1. The topological polar surface area (TPSA) is 77.7 Å². The minimum absolute atomic E-state index is 0.116. The van der Waals surface area contributed by atoms with Gasteiger partial charge in [0.25, 0.3) is 5.91 Å². The van der Waals surface area contributed by atoms with Gasteiger partial charge in [0.15, 0.2) is 0 Å². The van der Waals surface area contributed by atoms with Crippen LogP contribution in [-0.4, -0.2) is 58.5 Å². The number of carbonyl (C=O) groups excluding carboxylic acids is 2. The predicted molar refractivity (Wildman–Crippen MR) is 132 cm³/mol. The van der Waals surface area contributed by atoms with E-state index >= 15 is 0 Å². The number of ether oxygens (including phenoxy) is 1. The van der Waals surface area contributed by atoms with Gasteiger partial charge in [-0.2, -0.15) is 0 Å². The van der Waals surface area contributed by atoms with Crippen LogP contribution in [0.4, 0.5) is 4.79 Å². The summed E-state index contributed by atoms with van der Waals surface area (Å²) in [6.07, 6.45) is 1.11. The van der Waals surface area contributed by atoms with Crippen molar-refractivity contribution in [2.45, 2.75) is 45.2 Å². The van der Waals surface area contributed by atoms with E-state index in [1.165, 1.54) is 4.90 Å². The maximum atomic E-state index is 13.7. The zero-order chi connectivity index (χ0) is 23.9. The first-order valence-corrected chi connectivity index (χ1v) is 12.1. The molecule has 1 unspecified atom stereocenters. The van der Waals surface area contributed by atoms with Crippen LogP contribution < -0.4 is 10.1 Å². The second-order valence-corrected chi connectivity index (χ2v) is 9.28.